The van der Waals surface area contributed by atoms with Crippen LogP contribution >= 0.6 is 27.5 Å². The van der Waals surface area contributed by atoms with Crippen molar-refractivity contribution in [1.29, 1.82) is 0 Å². The molecule has 0 saturated carbocycles. The topological polar surface area (TPSA) is 41.1 Å². The van der Waals surface area contributed by atoms with Crippen LogP contribution in [0.25, 0.3) is 0 Å². The first-order valence-electron chi connectivity index (χ1n) is 7.88. The lowest BCUT2D eigenvalue weighted by atomic mass is 10.0. The maximum Gasteiger partial charge on any atom is 0.416 e. The van der Waals surface area contributed by atoms with E-state index >= 15 is 0 Å². The number of hydrogen-bond acceptors (Lipinski definition) is 2. The van der Waals surface area contributed by atoms with Gasteiger partial charge in [-0.2, -0.15) is 13.2 Å². The lowest BCUT2D eigenvalue weighted by molar-refractivity contribution is -0.137. The second kappa shape index (κ2) is 8.48. The van der Waals surface area contributed by atoms with Crippen molar-refractivity contribution in [3.05, 3.63) is 57.3 Å². The van der Waals surface area contributed by atoms with E-state index in [0.717, 1.165) is 18.2 Å². The maximum atomic E-state index is 13.9. The zero-order valence-electron chi connectivity index (χ0n) is 14.3. The van der Waals surface area contributed by atoms with Gasteiger partial charge in [0.05, 0.1) is 22.0 Å². The van der Waals surface area contributed by atoms with Gasteiger partial charge in [-0.1, -0.05) is 41.4 Å². The van der Waals surface area contributed by atoms with Crippen molar-refractivity contribution in [3.8, 4) is 0 Å². The highest BCUT2D eigenvalue weighted by atomic mass is 79.9. The lowest BCUT2D eigenvalue weighted by Gasteiger charge is -2.24. The smallest absolute Gasteiger partial charge is 0.372 e. The van der Waals surface area contributed by atoms with Crippen LogP contribution < -0.4 is 10.6 Å². The van der Waals surface area contributed by atoms with E-state index in [2.05, 4.69) is 26.6 Å². The van der Waals surface area contributed by atoms with E-state index in [0.29, 0.717) is 4.47 Å². The molecule has 0 spiro atoms. The molecule has 0 bridgehead atoms. The van der Waals surface area contributed by atoms with Crippen molar-refractivity contribution in [2.24, 2.45) is 5.92 Å². The van der Waals surface area contributed by atoms with Gasteiger partial charge in [0.2, 0.25) is 5.91 Å². The Hall–Kier alpha value is -1.80. The molecule has 0 radical (unpaired) electrons. The SMILES string of the molecule is CC(C)[C@@H](Nc1ccc(C(F)(F)F)cc1Cl)C(=O)Nc1ccc(Br)cc1F. The standard InChI is InChI=1S/C18H16BrClF4N2O/c1-9(2)16(17(27)26-15-6-4-11(19)8-13(15)21)25-14-5-3-10(7-12(14)20)18(22,23)24/h3-9,16,25H,1-2H3,(H,26,27)/t16-/m1/s1. The number of nitrogens with one attached hydrogen (secondary N) is 2. The second-order valence-electron chi connectivity index (χ2n) is 6.17. The van der Waals surface area contributed by atoms with Crippen molar-refractivity contribution in [3.63, 3.8) is 0 Å². The molecular weight excluding hydrogens is 452 g/mol. The number of alkyl halides is 3. The summed E-state index contributed by atoms with van der Waals surface area (Å²) in [7, 11) is 0. The number of anilines is 2. The fraction of sp³-hybridized carbons (Fsp3) is 0.278. The van der Waals surface area contributed by atoms with Crippen molar-refractivity contribution in [2.45, 2.75) is 26.1 Å². The van der Waals surface area contributed by atoms with Gasteiger partial charge in [0.1, 0.15) is 11.9 Å². The molecule has 0 saturated heterocycles. The first kappa shape index (κ1) is 21.5. The fourth-order valence-corrected chi connectivity index (χ4v) is 2.88. The quantitative estimate of drug-likeness (QED) is 0.504. The number of benzene rings is 2. The summed E-state index contributed by atoms with van der Waals surface area (Å²) < 4.78 is 52.7. The number of rotatable bonds is 5. The Bertz CT molecular complexity index is 843. The summed E-state index contributed by atoms with van der Waals surface area (Å²) in [6.45, 7) is 3.49. The van der Waals surface area contributed by atoms with Gasteiger partial charge in [0.15, 0.2) is 0 Å². The summed E-state index contributed by atoms with van der Waals surface area (Å²) in [6, 6.07) is 6.16. The van der Waals surface area contributed by atoms with Gasteiger partial charge < -0.3 is 10.6 Å². The van der Waals surface area contributed by atoms with Crippen LogP contribution in [0.3, 0.4) is 0 Å². The lowest BCUT2D eigenvalue weighted by Crippen LogP contribution is -2.39. The Morgan fingerprint density at radius 2 is 1.74 bits per heavy atom. The summed E-state index contributed by atoms with van der Waals surface area (Å²) in [5.74, 6) is -1.41. The van der Waals surface area contributed by atoms with Gasteiger partial charge in [-0.3, -0.25) is 4.79 Å². The molecule has 3 nitrogen and oxygen atoms in total. The average Bonchev–Trinajstić information content (AvgIpc) is 2.54. The Morgan fingerprint density at radius 1 is 1.11 bits per heavy atom. The van der Waals surface area contributed by atoms with Gasteiger partial charge in [-0.15, -0.1) is 0 Å². The summed E-state index contributed by atoms with van der Waals surface area (Å²) in [4.78, 5) is 12.6. The van der Waals surface area contributed by atoms with Gasteiger partial charge in [0.25, 0.3) is 0 Å². The minimum absolute atomic E-state index is 0.00540. The number of carbonyl (C=O) groups is 1. The minimum Gasteiger partial charge on any atom is -0.372 e. The molecule has 2 rings (SSSR count). The van der Waals surface area contributed by atoms with E-state index in [1.807, 2.05) is 0 Å². The molecule has 9 heteroatoms. The highest BCUT2D eigenvalue weighted by Gasteiger charge is 2.31. The first-order chi connectivity index (χ1) is 12.5. The Kier molecular flexibility index (Phi) is 6.75. The molecule has 0 fully saturated rings. The van der Waals surface area contributed by atoms with Crippen LogP contribution in [-0.4, -0.2) is 11.9 Å². The predicted molar refractivity (Wildman–Crippen MR) is 101 cm³/mol. The molecule has 1 amide bonds. The zero-order valence-corrected chi connectivity index (χ0v) is 16.6. The van der Waals surface area contributed by atoms with Gasteiger partial charge in [0, 0.05) is 4.47 Å². The molecule has 1 atom stereocenters. The van der Waals surface area contributed by atoms with E-state index < -0.39 is 29.5 Å². The minimum atomic E-state index is -4.52. The molecule has 2 aromatic carbocycles. The Morgan fingerprint density at radius 3 is 2.26 bits per heavy atom. The highest BCUT2D eigenvalue weighted by Crippen LogP contribution is 2.34. The van der Waals surface area contributed by atoms with E-state index in [4.69, 9.17) is 11.6 Å². The van der Waals surface area contributed by atoms with Crippen LogP contribution in [0.5, 0.6) is 0 Å². The third-order valence-corrected chi connectivity index (χ3v) is 4.55. The molecule has 0 aliphatic rings. The predicted octanol–water partition coefficient (Wildman–Crippen LogP) is 6.34. The van der Waals surface area contributed by atoms with Crippen LogP contribution in [0.2, 0.25) is 5.02 Å². The third kappa shape index (κ3) is 5.59. The molecule has 2 N–H and O–H groups in total. The van der Waals surface area contributed by atoms with Gasteiger partial charge >= 0.3 is 6.18 Å². The van der Waals surface area contributed by atoms with E-state index in [1.54, 1.807) is 19.9 Å². The van der Waals surface area contributed by atoms with Gasteiger partial charge in [-0.25, -0.2) is 4.39 Å². The molecule has 2 aromatic rings. The number of amides is 1. The van der Waals surface area contributed by atoms with E-state index in [1.165, 1.54) is 12.1 Å². The Balaban J connectivity index is 2.21. The molecule has 0 unspecified atom stereocenters. The normalized spacial score (nSPS) is 12.8. The summed E-state index contributed by atoms with van der Waals surface area (Å²) in [6.07, 6.45) is -4.52. The molecule has 27 heavy (non-hydrogen) atoms. The summed E-state index contributed by atoms with van der Waals surface area (Å²) in [5.41, 5.74) is -0.718. The van der Waals surface area contributed by atoms with Crippen LogP contribution in [0, 0.1) is 11.7 Å². The van der Waals surface area contributed by atoms with E-state index in [9.17, 15) is 22.4 Å². The number of hydrogen-bond donors (Lipinski definition) is 2. The van der Waals surface area contributed by atoms with Crippen LogP contribution in [0.15, 0.2) is 40.9 Å². The van der Waals surface area contributed by atoms with Crippen molar-refractivity contribution in [2.75, 3.05) is 10.6 Å². The second-order valence-corrected chi connectivity index (χ2v) is 7.49. The zero-order chi connectivity index (χ0) is 20.4. The molecule has 0 aromatic heterocycles. The fourth-order valence-electron chi connectivity index (χ4n) is 2.31. The summed E-state index contributed by atoms with van der Waals surface area (Å²) >= 11 is 9.06. The largest absolute Gasteiger partial charge is 0.416 e. The van der Waals surface area contributed by atoms with E-state index in [-0.39, 0.29) is 22.3 Å². The van der Waals surface area contributed by atoms with Crippen LogP contribution in [0.1, 0.15) is 19.4 Å². The van der Waals surface area contributed by atoms with Crippen LogP contribution in [0.4, 0.5) is 28.9 Å². The molecule has 0 aliphatic carbocycles. The molecule has 0 heterocycles. The maximum absolute atomic E-state index is 13.9. The average molecular weight is 468 g/mol. The third-order valence-electron chi connectivity index (χ3n) is 3.75. The monoisotopic (exact) mass is 466 g/mol. The number of halogens is 6. The van der Waals surface area contributed by atoms with Gasteiger partial charge in [-0.05, 0) is 42.3 Å². The molecule has 0 aliphatic heterocycles. The number of carbonyl (C=O) groups excluding carboxylic acids is 1. The highest BCUT2D eigenvalue weighted by molar-refractivity contribution is 9.10. The van der Waals surface area contributed by atoms with Crippen molar-refractivity contribution < 1.29 is 22.4 Å². The molecule has 146 valence electrons. The van der Waals surface area contributed by atoms with Crippen molar-refractivity contribution in [1.82, 2.24) is 0 Å². The van der Waals surface area contributed by atoms with Crippen LogP contribution in [-0.2, 0) is 11.0 Å². The first-order valence-corrected chi connectivity index (χ1v) is 9.05. The van der Waals surface area contributed by atoms with Crippen molar-refractivity contribution >= 4 is 44.8 Å². The molecular formula is C18H16BrClF4N2O. The summed E-state index contributed by atoms with van der Waals surface area (Å²) in [5, 5.41) is 5.14. The Labute approximate surface area is 167 Å².